The molecule has 2 heterocycles. The minimum Gasteiger partial charge on any atom is -0.356 e. The molecule has 1 atom stereocenters. The molecule has 0 saturated carbocycles. The first-order valence-electron chi connectivity index (χ1n) is 11.3. The molecular weight excluding hydrogens is 386 g/mol. The lowest BCUT2D eigenvalue weighted by Gasteiger charge is -2.42. The van der Waals surface area contributed by atoms with Gasteiger partial charge in [-0.2, -0.15) is 0 Å². The number of amides is 2. The van der Waals surface area contributed by atoms with E-state index in [-0.39, 0.29) is 17.2 Å². The molecule has 166 valence electrons. The zero-order valence-electron chi connectivity index (χ0n) is 19.3. The van der Waals surface area contributed by atoms with Gasteiger partial charge in [-0.25, -0.2) is 0 Å². The van der Waals surface area contributed by atoms with Crippen LogP contribution in [0.2, 0.25) is 0 Å². The van der Waals surface area contributed by atoms with E-state index in [1.165, 1.54) is 0 Å². The number of hydrogen-bond acceptors (Lipinski definition) is 3. The van der Waals surface area contributed by atoms with Crippen LogP contribution in [-0.4, -0.2) is 41.3 Å². The standard InChI is InChI=1S/C26H35N3O2/c1-5-28-24(31)26(13-9-15-29(19-26)23(30)17-25(2,3)4)16-20-10-6-7-12-22(20)21-11-8-14-27-18-21/h6-8,10-12,14,18H,5,9,13,15-17,19H2,1-4H3,(H,28,31)/t26-/m1/s1. The van der Waals surface area contributed by atoms with Crippen molar-refractivity contribution in [3.63, 3.8) is 0 Å². The summed E-state index contributed by atoms with van der Waals surface area (Å²) in [5.41, 5.74) is 2.56. The average Bonchev–Trinajstić information content (AvgIpc) is 2.74. The molecule has 5 nitrogen and oxygen atoms in total. The second-order valence-electron chi connectivity index (χ2n) is 9.87. The number of pyridine rings is 1. The van der Waals surface area contributed by atoms with Crippen molar-refractivity contribution in [2.75, 3.05) is 19.6 Å². The maximum atomic E-state index is 13.4. The second kappa shape index (κ2) is 9.63. The highest BCUT2D eigenvalue weighted by molar-refractivity contribution is 5.85. The monoisotopic (exact) mass is 421 g/mol. The third-order valence-electron chi connectivity index (χ3n) is 5.95. The Morgan fingerprint density at radius 2 is 1.94 bits per heavy atom. The van der Waals surface area contributed by atoms with Crippen molar-refractivity contribution in [2.45, 2.75) is 53.4 Å². The van der Waals surface area contributed by atoms with Gasteiger partial charge >= 0.3 is 0 Å². The number of hydrogen-bond donors (Lipinski definition) is 1. The molecule has 2 aromatic rings. The van der Waals surface area contributed by atoms with Crippen LogP contribution in [0.5, 0.6) is 0 Å². The van der Waals surface area contributed by atoms with Crippen molar-refractivity contribution in [1.29, 1.82) is 0 Å². The van der Waals surface area contributed by atoms with Gasteiger partial charge in [0.15, 0.2) is 0 Å². The highest BCUT2D eigenvalue weighted by Gasteiger charge is 2.43. The number of nitrogens with one attached hydrogen (secondary N) is 1. The number of likely N-dealkylation sites (tertiary alicyclic amines) is 1. The fourth-order valence-corrected chi connectivity index (χ4v) is 4.51. The van der Waals surface area contributed by atoms with E-state index in [2.05, 4.69) is 43.2 Å². The quantitative estimate of drug-likeness (QED) is 0.748. The summed E-state index contributed by atoms with van der Waals surface area (Å²) < 4.78 is 0. The van der Waals surface area contributed by atoms with Gasteiger partial charge in [0.1, 0.15) is 0 Å². The molecule has 1 saturated heterocycles. The van der Waals surface area contributed by atoms with Gasteiger partial charge in [0.05, 0.1) is 5.41 Å². The van der Waals surface area contributed by atoms with Crippen LogP contribution < -0.4 is 5.32 Å². The molecule has 31 heavy (non-hydrogen) atoms. The predicted octanol–water partition coefficient (Wildman–Crippen LogP) is 4.47. The van der Waals surface area contributed by atoms with E-state index in [0.29, 0.717) is 25.9 Å². The molecule has 0 aliphatic carbocycles. The molecule has 3 rings (SSSR count). The first-order valence-corrected chi connectivity index (χ1v) is 11.3. The zero-order valence-corrected chi connectivity index (χ0v) is 19.3. The molecule has 0 radical (unpaired) electrons. The van der Waals surface area contributed by atoms with Crippen molar-refractivity contribution in [3.8, 4) is 11.1 Å². The minimum absolute atomic E-state index is 0.0456. The Morgan fingerprint density at radius 3 is 2.61 bits per heavy atom. The number of carbonyl (C=O) groups excluding carboxylic acids is 2. The summed E-state index contributed by atoms with van der Waals surface area (Å²) in [6.45, 7) is 9.96. The van der Waals surface area contributed by atoms with Crippen LogP contribution in [0, 0.1) is 10.8 Å². The van der Waals surface area contributed by atoms with Gasteiger partial charge < -0.3 is 10.2 Å². The summed E-state index contributed by atoms with van der Waals surface area (Å²) >= 11 is 0. The van der Waals surface area contributed by atoms with Crippen molar-refractivity contribution in [1.82, 2.24) is 15.2 Å². The van der Waals surface area contributed by atoms with Crippen molar-refractivity contribution < 1.29 is 9.59 Å². The highest BCUT2D eigenvalue weighted by atomic mass is 16.2. The van der Waals surface area contributed by atoms with Gasteiger partial charge in [-0.3, -0.25) is 14.6 Å². The molecule has 1 N–H and O–H groups in total. The number of benzene rings is 1. The summed E-state index contributed by atoms with van der Waals surface area (Å²) in [6, 6.07) is 12.2. The Bertz CT molecular complexity index is 904. The number of rotatable bonds is 6. The number of piperidine rings is 1. The maximum Gasteiger partial charge on any atom is 0.228 e. The molecule has 1 aliphatic heterocycles. The van der Waals surface area contributed by atoms with Gasteiger partial charge in [0, 0.05) is 44.0 Å². The summed E-state index contributed by atoms with van der Waals surface area (Å²) in [5.74, 6) is 0.186. The van der Waals surface area contributed by atoms with E-state index in [0.717, 1.165) is 36.1 Å². The Morgan fingerprint density at radius 1 is 1.16 bits per heavy atom. The zero-order chi connectivity index (χ0) is 22.5. The Balaban J connectivity index is 1.94. The van der Waals surface area contributed by atoms with E-state index in [4.69, 9.17) is 0 Å². The normalized spacial score (nSPS) is 19.2. The van der Waals surface area contributed by atoms with Crippen molar-refractivity contribution in [3.05, 3.63) is 54.4 Å². The smallest absolute Gasteiger partial charge is 0.228 e. The lowest BCUT2D eigenvalue weighted by molar-refractivity contribution is -0.142. The molecule has 0 bridgehead atoms. The fourth-order valence-electron chi connectivity index (χ4n) is 4.51. The van der Waals surface area contributed by atoms with Crippen molar-refractivity contribution in [2.24, 2.45) is 10.8 Å². The van der Waals surface area contributed by atoms with Gasteiger partial charge in [0.25, 0.3) is 0 Å². The highest BCUT2D eigenvalue weighted by Crippen LogP contribution is 2.37. The van der Waals surface area contributed by atoms with Crippen LogP contribution in [-0.2, 0) is 16.0 Å². The molecular formula is C26H35N3O2. The van der Waals surface area contributed by atoms with Gasteiger partial charge in [0.2, 0.25) is 11.8 Å². The third kappa shape index (κ3) is 5.72. The number of nitrogens with zero attached hydrogens (tertiary/aromatic N) is 2. The summed E-state index contributed by atoms with van der Waals surface area (Å²) in [7, 11) is 0. The molecule has 1 aliphatic rings. The first-order chi connectivity index (χ1) is 14.7. The topological polar surface area (TPSA) is 62.3 Å². The lowest BCUT2D eigenvalue weighted by Crippen LogP contribution is -2.54. The van der Waals surface area contributed by atoms with Crippen LogP contribution >= 0.6 is 0 Å². The fraction of sp³-hybridized carbons (Fsp3) is 0.500. The molecule has 1 aromatic carbocycles. The van der Waals surface area contributed by atoms with Gasteiger partial charge in [-0.15, -0.1) is 0 Å². The van der Waals surface area contributed by atoms with Crippen LogP contribution in [0.1, 0.15) is 52.5 Å². The molecule has 1 aromatic heterocycles. The first kappa shape index (κ1) is 23.0. The number of carbonyl (C=O) groups is 2. The van der Waals surface area contributed by atoms with Crippen molar-refractivity contribution >= 4 is 11.8 Å². The van der Waals surface area contributed by atoms with Crippen LogP contribution in [0.3, 0.4) is 0 Å². The molecule has 1 fully saturated rings. The Hall–Kier alpha value is -2.69. The number of aromatic nitrogens is 1. The van der Waals surface area contributed by atoms with Crippen LogP contribution in [0.4, 0.5) is 0 Å². The molecule has 0 unspecified atom stereocenters. The summed E-state index contributed by atoms with van der Waals surface area (Å²) in [5, 5.41) is 3.05. The van der Waals surface area contributed by atoms with E-state index in [1.54, 1.807) is 6.20 Å². The summed E-state index contributed by atoms with van der Waals surface area (Å²) in [6.07, 6.45) is 6.33. The van der Waals surface area contributed by atoms with Gasteiger partial charge in [-0.05, 0) is 48.8 Å². The SMILES string of the molecule is CCNC(=O)[C@@]1(Cc2ccccc2-c2cccnc2)CCCN(C(=O)CC(C)(C)C)C1. The van der Waals surface area contributed by atoms with Gasteiger partial charge in [-0.1, -0.05) is 51.1 Å². The lowest BCUT2D eigenvalue weighted by atomic mass is 9.73. The van der Waals surface area contributed by atoms with Crippen LogP contribution in [0.25, 0.3) is 11.1 Å². The molecule has 5 heteroatoms. The Kier molecular flexibility index (Phi) is 7.14. The second-order valence-corrected chi connectivity index (χ2v) is 9.87. The average molecular weight is 422 g/mol. The summed E-state index contributed by atoms with van der Waals surface area (Å²) in [4.78, 5) is 32.6. The predicted molar refractivity (Wildman–Crippen MR) is 124 cm³/mol. The van der Waals surface area contributed by atoms with E-state index < -0.39 is 5.41 Å². The van der Waals surface area contributed by atoms with E-state index in [9.17, 15) is 9.59 Å². The van der Waals surface area contributed by atoms with Crippen LogP contribution in [0.15, 0.2) is 48.8 Å². The molecule has 0 spiro atoms. The van der Waals surface area contributed by atoms with E-state index in [1.807, 2.05) is 42.3 Å². The minimum atomic E-state index is -0.625. The largest absolute Gasteiger partial charge is 0.356 e. The molecule has 2 amide bonds. The maximum absolute atomic E-state index is 13.4. The Labute approximate surface area is 186 Å². The van der Waals surface area contributed by atoms with E-state index >= 15 is 0 Å². The third-order valence-corrected chi connectivity index (χ3v) is 5.95.